The van der Waals surface area contributed by atoms with E-state index in [9.17, 15) is 9.79 Å². The third-order valence-electron chi connectivity index (χ3n) is 1.61. The minimum Gasteiger partial charge on any atom is 2.00 e. The summed E-state index contributed by atoms with van der Waals surface area (Å²) in [6.07, 6.45) is 0.955. The second kappa shape index (κ2) is 3.31. The van der Waals surface area contributed by atoms with Gasteiger partial charge in [-0.2, -0.15) is 0 Å². The van der Waals surface area contributed by atoms with Crippen LogP contribution in [0.4, 0.5) is 11.5 Å². The first kappa shape index (κ1) is 12.2. The quantitative estimate of drug-likeness (QED) is 0.367. The van der Waals surface area contributed by atoms with Crippen molar-refractivity contribution < 1.29 is 14.7 Å². The van der Waals surface area contributed by atoms with E-state index in [1.807, 2.05) is 0 Å². The molecule has 1 aliphatic heterocycles. The van der Waals surface area contributed by atoms with E-state index >= 15 is 0 Å². The average molecular weight is 240 g/mol. The topological polar surface area (TPSA) is 131 Å². The minimum absolute atomic E-state index is 0. The van der Waals surface area contributed by atoms with Crippen molar-refractivity contribution >= 4 is 67.9 Å². The Labute approximate surface area is 109 Å². The van der Waals surface area contributed by atoms with E-state index < -0.39 is 12.7 Å². The molecule has 0 bridgehead atoms. The number of aromatic nitrogens is 2. The molecule has 3 N–H and O–H groups in total. The van der Waals surface area contributed by atoms with E-state index in [0.717, 1.165) is 6.33 Å². The number of rotatable bonds is 0. The van der Waals surface area contributed by atoms with Gasteiger partial charge in [-0.25, -0.2) is 0 Å². The summed E-state index contributed by atoms with van der Waals surface area (Å²) < 4.78 is 0. The fourth-order valence-electron chi connectivity index (χ4n) is 1.02. The third kappa shape index (κ3) is 1.77. The van der Waals surface area contributed by atoms with Crippen LogP contribution in [0, 0.1) is 0 Å². The Morgan fingerprint density at radius 3 is 2.57 bits per heavy atom. The summed E-state index contributed by atoms with van der Waals surface area (Å²) in [6, 6.07) is 0. The Bertz CT molecular complexity index is 415. The Hall–Kier alpha value is 0.120. The maximum atomic E-state index is 11.3. The van der Waals surface area contributed by atoms with Crippen LogP contribution in [0.5, 0.6) is 0 Å². The molecule has 0 saturated heterocycles. The van der Waals surface area contributed by atoms with E-state index in [4.69, 9.17) is 10.6 Å². The molecular formula is C5H5CaN4O3P. The summed E-state index contributed by atoms with van der Waals surface area (Å²) in [5.74, 6) is 0.370. The van der Waals surface area contributed by atoms with Crippen molar-refractivity contribution in [1.29, 1.82) is 0 Å². The zero-order valence-electron chi connectivity index (χ0n) is 6.99. The first-order valence-corrected chi connectivity index (χ1v) is 5.37. The molecule has 7 nitrogen and oxygen atoms in total. The van der Waals surface area contributed by atoms with Crippen LogP contribution >= 0.6 is 7.28 Å². The predicted molar refractivity (Wildman–Crippen MR) is 49.1 cm³/mol. The number of fused-ring (bicyclic) bond motifs is 1. The maximum absolute atomic E-state index is 11.3. The number of nitrogens with zero attached hydrogens (tertiary/aromatic N) is 3. The first-order valence-electron chi connectivity index (χ1n) is 3.28. The Balaban J connectivity index is 0.000000980. The van der Waals surface area contributed by atoms with Gasteiger partial charge >= 0.3 is 110 Å². The Morgan fingerprint density at radius 2 is 2.00 bits per heavy atom. The second-order valence-corrected chi connectivity index (χ2v) is 5.26. The molecule has 0 spiro atoms. The molecule has 0 aliphatic carbocycles. The van der Waals surface area contributed by atoms with E-state index in [1.54, 1.807) is 0 Å². The zero-order chi connectivity index (χ0) is 9.71. The van der Waals surface area contributed by atoms with Crippen molar-refractivity contribution in [2.75, 3.05) is 5.73 Å². The monoisotopic (exact) mass is 240 g/mol. The molecule has 0 unspecified atom stereocenters. The SMILES string of the molecule is Nc1ncnc2c1N=CP2([O-])([O-])O.[Ca+2]. The Kier molecular flexibility index (Phi) is 2.88. The van der Waals surface area contributed by atoms with E-state index in [2.05, 4.69) is 15.0 Å². The van der Waals surface area contributed by atoms with Crippen LogP contribution < -0.4 is 21.0 Å². The molecule has 1 aromatic rings. The van der Waals surface area contributed by atoms with Crippen LogP contribution in [0.3, 0.4) is 0 Å². The molecule has 0 radical (unpaired) electrons. The molecule has 0 amide bonds. The maximum Gasteiger partial charge on any atom is 2.00 e. The molecule has 0 atom stereocenters. The minimum atomic E-state index is -5.48. The summed E-state index contributed by atoms with van der Waals surface area (Å²) in [4.78, 5) is 42.1. The van der Waals surface area contributed by atoms with E-state index in [1.165, 1.54) is 0 Å². The van der Waals surface area contributed by atoms with Gasteiger partial charge in [-0.1, -0.05) is 0 Å². The number of nitrogen functional groups attached to an aromatic ring is 1. The molecular weight excluding hydrogens is 235 g/mol. The molecule has 0 aromatic carbocycles. The summed E-state index contributed by atoms with van der Waals surface area (Å²) in [6.45, 7) is 0. The van der Waals surface area contributed by atoms with Crippen LogP contribution in [0.1, 0.15) is 0 Å². The van der Waals surface area contributed by atoms with Gasteiger partial charge in [0.25, 0.3) is 0 Å². The second-order valence-electron chi connectivity index (χ2n) is 2.65. The van der Waals surface area contributed by atoms with Crippen LogP contribution in [0.25, 0.3) is 0 Å². The molecule has 1 aliphatic rings. The average Bonchev–Trinajstić information content (AvgIpc) is 2.25. The van der Waals surface area contributed by atoms with Gasteiger partial charge in [0.05, 0.1) is 0 Å². The van der Waals surface area contributed by atoms with Gasteiger partial charge < -0.3 is 0 Å². The fraction of sp³-hybridized carbons (Fsp3) is 0. The summed E-state index contributed by atoms with van der Waals surface area (Å²) in [5.41, 5.74) is 4.69. The molecule has 70 valence electrons. The largest absolute Gasteiger partial charge is 2.00 e. The smallest absolute Gasteiger partial charge is 2.00 e. The van der Waals surface area contributed by atoms with Gasteiger partial charge in [-0.15, -0.1) is 0 Å². The number of hydrogen-bond acceptors (Lipinski definition) is 7. The van der Waals surface area contributed by atoms with Gasteiger partial charge in [-0.05, 0) is 0 Å². The van der Waals surface area contributed by atoms with Crippen LogP contribution in [-0.2, 0) is 0 Å². The molecule has 2 rings (SSSR count). The number of anilines is 1. The summed E-state index contributed by atoms with van der Waals surface area (Å²) >= 11 is 0. The summed E-state index contributed by atoms with van der Waals surface area (Å²) in [7, 11) is -5.48. The standard InChI is InChI=1S/C5H5N4O3P.Ca/c6-4-3-5(8-1-7-4)13(10,11,12)2-9-3;/h1-2,10H,(H2,6,7,8);/q-2;+2. The van der Waals surface area contributed by atoms with Crippen molar-refractivity contribution in [3.05, 3.63) is 6.33 Å². The molecule has 1 aromatic heterocycles. The fourth-order valence-corrected chi connectivity index (χ4v) is 2.28. The van der Waals surface area contributed by atoms with Crippen molar-refractivity contribution in [2.24, 2.45) is 4.99 Å². The van der Waals surface area contributed by atoms with Gasteiger partial charge in [0.1, 0.15) is 0 Å². The summed E-state index contributed by atoms with van der Waals surface area (Å²) in [5, 5.41) is 0. The van der Waals surface area contributed by atoms with Crippen molar-refractivity contribution in [1.82, 2.24) is 9.97 Å². The van der Waals surface area contributed by atoms with E-state index in [-0.39, 0.29) is 49.2 Å². The first-order chi connectivity index (χ1) is 5.88. The van der Waals surface area contributed by atoms with Gasteiger partial charge in [-0.3, -0.25) is 0 Å². The molecule has 0 saturated carbocycles. The number of hydrogen-bond donors (Lipinski definition) is 2. The van der Waals surface area contributed by atoms with Crippen LogP contribution in [0.2, 0.25) is 0 Å². The molecule has 2 heterocycles. The number of nitrogens with two attached hydrogens (primary N) is 1. The normalized spacial score (nSPS) is 22.9. The van der Waals surface area contributed by atoms with Gasteiger partial charge in [0.15, 0.2) is 0 Å². The Morgan fingerprint density at radius 1 is 1.36 bits per heavy atom. The molecule has 14 heavy (non-hydrogen) atoms. The van der Waals surface area contributed by atoms with Crippen LogP contribution in [0.15, 0.2) is 11.3 Å². The number of aliphatic imine (C=N–C) groups is 1. The van der Waals surface area contributed by atoms with E-state index in [0.29, 0.717) is 5.96 Å². The molecule has 0 fully saturated rings. The van der Waals surface area contributed by atoms with Gasteiger partial charge in [0.2, 0.25) is 0 Å². The van der Waals surface area contributed by atoms with Gasteiger partial charge in [0, 0.05) is 0 Å². The van der Waals surface area contributed by atoms with Crippen molar-refractivity contribution in [3.63, 3.8) is 0 Å². The predicted octanol–water partition coefficient (Wildman–Crippen LogP) is -3.01. The zero-order valence-corrected chi connectivity index (χ0v) is 10.1. The van der Waals surface area contributed by atoms with Crippen LogP contribution in [-0.4, -0.2) is 58.6 Å². The van der Waals surface area contributed by atoms with Crippen molar-refractivity contribution in [3.8, 4) is 0 Å². The van der Waals surface area contributed by atoms with Crippen molar-refractivity contribution in [2.45, 2.75) is 0 Å². The third-order valence-corrected chi connectivity index (χ3v) is 3.24. The molecule has 9 heteroatoms.